The van der Waals surface area contributed by atoms with E-state index in [1.165, 1.54) is 7.11 Å². The second-order valence-corrected chi connectivity index (χ2v) is 2.95. The fourth-order valence-electron chi connectivity index (χ4n) is 1.12. The monoisotopic (exact) mass is 206 g/mol. The number of aliphatic hydroxyl groups excluding tert-OH is 1. The zero-order valence-electron chi connectivity index (χ0n) is 8.60. The van der Waals surface area contributed by atoms with Gasteiger partial charge in [0.15, 0.2) is 0 Å². The Hall–Kier alpha value is -0.650. The number of hydrogen-bond donors (Lipinski definition) is 2. The third-order valence-corrected chi connectivity index (χ3v) is 1.90. The van der Waals surface area contributed by atoms with Crippen molar-refractivity contribution in [1.29, 1.82) is 0 Å². The average molecular weight is 206 g/mol. The molecule has 5 heteroatoms. The van der Waals surface area contributed by atoms with Gasteiger partial charge in [0.1, 0.15) is 0 Å². The van der Waals surface area contributed by atoms with Crippen molar-refractivity contribution in [2.75, 3.05) is 26.9 Å². The van der Waals surface area contributed by atoms with Crippen molar-refractivity contribution in [2.45, 2.75) is 19.4 Å². The highest BCUT2D eigenvalue weighted by Gasteiger charge is 2.25. The van der Waals surface area contributed by atoms with E-state index in [0.29, 0.717) is 19.6 Å². The molecular formula is C9H18O5. The average Bonchev–Trinajstić information content (AvgIpc) is 2.12. The molecule has 2 unspecified atom stereocenters. The highest BCUT2D eigenvalue weighted by atomic mass is 16.5. The van der Waals surface area contributed by atoms with Gasteiger partial charge in [-0.25, -0.2) is 0 Å². The zero-order chi connectivity index (χ0) is 11.0. The van der Waals surface area contributed by atoms with Crippen LogP contribution in [0, 0.1) is 5.92 Å². The Morgan fingerprint density at radius 3 is 2.57 bits per heavy atom. The number of aliphatic hydroxyl groups is 1. The number of rotatable bonds is 8. The summed E-state index contributed by atoms with van der Waals surface area (Å²) in [7, 11) is 1.42. The van der Waals surface area contributed by atoms with E-state index in [4.69, 9.17) is 9.84 Å². The minimum absolute atomic E-state index is 0.0308. The highest BCUT2D eigenvalue weighted by molar-refractivity contribution is 5.70. The maximum absolute atomic E-state index is 10.7. The van der Waals surface area contributed by atoms with E-state index in [2.05, 4.69) is 4.74 Å². The van der Waals surface area contributed by atoms with Crippen molar-refractivity contribution in [3.8, 4) is 0 Å². The lowest BCUT2D eigenvalue weighted by Crippen LogP contribution is -2.32. The molecule has 0 radical (unpaired) electrons. The van der Waals surface area contributed by atoms with Crippen molar-refractivity contribution < 1.29 is 24.5 Å². The van der Waals surface area contributed by atoms with Crippen molar-refractivity contribution in [3.05, 3.63) is 0 Å². The second-order valence-electron chi connectivity index (χ2n) is 2.95. The van der Waals surface area contributed by atoms with Gasteiger partial charge in [-0.15, -0.1) is 0 Å². The third kappa shape index (κ3) is 5.16. The molecule has 0 aliphatic rings. The Balaban J connectivity index is 3.94. The molecule has 0 aromatic rings. The number of carbonyl (C=O) groups is 1. The zero-order valence-corrected chi connectivity index (χ0v) is 8.60. The summed E-state index contributed by atoms with van der Waals surface area (Å²) in [6.45, 7) is 2.76. The van der Waals surface area contributed by atoms with Crippen LogP contribution in [0.25, 0.3) is 0 Å². The van der Waals surface area contributed by atoms with Crippen molar-refractivity contribution in [3.63, 3.8) is 0 Å². The van der Waals surface area contributed by atoms with Gasteiger partial charge in [0.05, 0.1) is 18.6 Å². The van der Waals surface area contributed by atoms with Crippen LogP contribution in [0.15, 0.2) is 0 Å². The predicted molar refractivity (Wildman–Crippen MR) is 50.1 cm³/mol. The van der Waals surface area contributed by atoms with Crippen LogP contribution in [0.1, 0.15) is 13.3 Å². The molecule has 0 aromatic carbocycles. The van der Waals surface area contributed by atoms with E-state index in [1.54, 1.807) is 0 Å². The van der Waals surface area contributed by atoms with Gasteiger partial charge in [0.25, 0.3) is 0 Å². The fourth-order valence-corrected chi connectivity index (χ4v) is 1.12. The SMILES string of the molecule is CCOCCC(C(=O)O)C(O)COC. The molecule has 0 aliphatic carbocycles. The molecule has 0 heterocycles. The Morgan fingerprint density at radius 2 is 2.14 bits per heavy atom. The van der Waals surface area contributed by atoms with Crippen LogP contribution in [0.5, 0.6) is 0 Å². The van der Waals surface area contributed by atoms with Crippen LogP contribution in [0.2, 0.25) is 0 Å². The first kappa shape index (κ1) is 13.4. The molecule has 0 saturated heterocycles. The molecule has 2 atom stereocenters. The summed E-state index contributed by atoms with van der Waals surface area (Å²) in [5.41, 5.74) is 0. The van der Waals surface area contributed by atoms with Crippen LogP contribution < -0.4 is 0 Å². The molecule has 0 aliphatic heterocycles. The smallest absolute Gasteiger partial charge is 0.309 e. The lowest BCUT2D eigenvalue weighted by molar-refractivity contribution is -0.148. The quantitative estimate of drug-likeness (QED) is 0.552. The molecule has 14 heavy (non-hydrogen) atoms. The second kappa shape index (κ2) is 7.73. The molecule has 0 saturated carbocycles. The molecule has 0 amide bonds. The highest BCUT2D eigenvalue weighted by Crippen LogP contribution is 2.10. The van der Waals surface area contributed by atoms with Crippen LogP contribution in [0.4, 0.5) is 0 Å². The minimum Gasteiger partial charge on any atom is -0.481 e. The molecule has 0 aromatic heterocycles. The van der Waals surface area contributed by atoms with Gasteiger partial charge in [-0.2, -0.15) is 0 Å². The van der Waals surface area contributed by atoms with Gasteiger partial charge in [-0.3, -0.25) is 4.79 Å². The number of ether oxygens (including phenoxy) is 2. The van der Waals surface area contributed by atoms with Gasteiger partial charge < -0.3 is 19.7 Å². The summed E-state index contributed by atoms with van der Waals surface area (Å²) >= 11 is 0. The first-order chi connectivity index (χ1) is 6.63. The number of methoxy groups -OCH3 is 1. The lowest BCUT2D eigenvalue weighted by atomic mass is 10.00. The Kier molecular flexibility index (Phi) is 7.37. The molecule has 0 spiro atoms. The van der Waals surface area contributed by atoms with Gasteiger partial charge in [-0.1, -0.05) is 0 Å². The minimum atomic E-state index is -1.02. The molecule has 5 nitrogen and oxygen atoms in total. The summed E-state index contributed by atoms with van der Waals surface area (Å²) < 4.78 is 9.71. The number of aliphatic carboxylic acids is 1. The predicted octanol–water partition coefficient (Wildman–Crippen LogP) is 0.121. The van der Waals surface area contributed by atoms with Gasteiger partial charge in [0.2, 0.25) is 0 Å². The van der Waals surface area contributed by atoms with E-state index >= 15 is 0 Å². The Morgan fingerprint density at radius 1 is 1.50 bits per heavy atom. The number of carboxylic acid groups (broad SMARTS) is 1. The summed E-state index contributed by atoms with van der Waals surface area (Å²) in [5.74, 6) is -1.84. The van der Waals surface area contributed by atoms with Crippen molar-refractivity contribution in [2.24, 2.45) is 5.92 Å². The molecule has 0 fully saturated rings. The van der Waals surface area contributed by atoms with Crippen molar-refractivity contribution in [1.82, 2.24) is 0 Å². The molecular weight excluding hydrogens is 188 g/mol. The van der Waals surface area contributed by atoms with Crippen molar-refractivity contribution >= 4 is 5.97 Å². The first-order valence-electron chi connectivity index (χ1n) is 4.61. The van der Waals surface area contributed by atoms with Gasteiger partial charge in [-0.05, 0) is 13.3 Å². The topological polar surface area (TPSA) is 76.0 Å². The van der Waals surface area contributed by atoms with Crippen LogP contribution in [0.3, 0.4) is 0 Å². The number of hydrogen-bond acceptors (Lipinski definition) is 4. The standard InChI is InChI=1S/C9H18O5/c1-3-14-5-4-7(9(11)12)8(10)6-13-2/h7-8,10H,3-6H2,1-2H3,(H,11,12). The van der Waals surface area contributed by atoms with Gasteiger partial charge >= 0.3 is 5.97 Å². The van der Waals surface area contributed by atoms with E-state index < -0.39 is 18.0 Å². The fraction of sp³-hybridized carbons (Fsp3) is 0.889. The molecule has 0 bridgehead atoms. The summed E-state index contributed by atoms with van der Waals surface area (Å²) in [6.07, 6.45) is -0.675. The molecule has 84 valence electrons. The maximum Gasteiger partial charge on any atom is 0.309 e. The molecule has 2 N–H and O–H groups in total. The summed E-state index contributed by atoms with van der Waals surface area (Å²) in [6, 6.07) is 0. The van der Waals surface area contributed by atoms with E-state index in [9.17, 15) is 9.90 Å². The van der Waals surface area contributed by atoms with Crippen LogP contribution in [-0.4, -0.2) is 49.2 Å². The van der Waals surface area contributed by atoms with Crippen LogP contribution >= 0.6 is 0 Å². The van der Waals surface area contributed by atoms with E-state index in [0.717, 1.165) is 0 Å². The normalized spacial score (nSPS) is 15.1. The Labute approximate surface area is 83.6 Å². The summed E-state index contributed by atoms with van der Waals surface area (Å²) in [4.78, 5) is 10.7. The van der Waals surface area contributed by atoms with E-state index in [1.807, 2.05) is 6.92 Å². The van der Waals surface area contributed by atoms with Crippen LogP contribution in [-0.2, 0) is 14.3 Å². The number of carboxylic acids is 1. The lowest BCUT2D eigenvalue weighted by Gasteiger charge is -2.17. The summed E-state index contributed by atoms with van der Waals surface area (Å²) in [5, 5.41) is 18.2. The third-order valence-electron chi connectivity index (χ3n) is 1.90. The largest absolute Gasteiger partial charge is 0.481 e. The Bertz CT molecular complexity index is 159. The molecule has 0 rings (SSSR count). The van der Waals surface area contributed by atoms with Gasteiger partial charge in [0, 0.05) is 20.3 Å². The first-order valence-corrected chi connectivity index (χ1v) is 4.61. The van der Waals surface area contributed by atoms with E-state index in [-0.39, 0.29) is 6.61 Å². The maximum atomic E-state index is 10.7.